The maximum atomic E-state index is 10.7. The summed E-state index contributed by atoms with van der Waals surface area (Å²) in [7, 11) is 0. The van der Waals surface area contributed by atoms with Gasteiger partial charge < -0.3 is 5.73 Å². The first-order valence-electron chi connectivity index (χ1n) is 4.19. The smallest absolute Gasteiger partial charge is 0.132 e. The second-order valence-electron chi connectivity index (χ2n) is 3.22. The van der Waals surface area contributed by atoms with Gasteiger partial charge in [0, 0.05) is 6.42 Å². The van der Waals surface area contributed by atoms with Crippen molar-refractivity contribution < 1.29 is 4.79 Å². The van der Waals surface area contributed by atoms with Crippen molar-refractivity contribution in [1.82, 2.24) is 4.90 Å². The number of ketones is 1. The number of nitrogens with two attached hydrogens (primary N) is 1. The van der Waals surface area contributed by atoms with Crippen LogP contribution in [0.15, 0.2) is 0 Å². The van der Waals surface area contributed by atoms with Gasteiger partial charge in [-0.1, -0.05) is 0 Å². The summed E-state index contributed by atoms with van der Waals surface area (Å²) in [6.45, 7) is 3.72. The Labute approximate surface area is 67.5 Å². The van der Waals surface area contributed by atoms with Crippen molar-refractivity contribution in [2.75, 3.05) is 13.1 Å². The van der Waals surface area contributed by atoms with Gasteiger partial charge in [0.2, 0.25) is 0 Å². The molecule has 1 aliphatic heterocycles. The minimum absolute atomic E-state index is 0.0324. The molecule has 0 aromatic carbocycles. The second-order valence-corrected chi connectivity index (χ2v) is 3.22. The molecule has 3 heteroatoms. The zero-order valence-electron chi connectivity index (χ0n) is 7.05. The summed E-state index contributed by atoms with van der Waals surface area (Å²) in [5.41, 5.74) is 5.78. The van der Waals surface area contributed by atoms with E-state index in [4.69, 9.17) is 5.73 Å². The van der Waals surface area contributed by atoms with Gasteiger partial charge in [0.25, 0.3) is 0 Å². The van der Waals surface area contributed by atoms with E-state index in [1.165, 1.54) is 12.8 Å². The molecule has 3 nitrogen and oxygen atoms in total. The van der Waals surface area contributed by atoms with Gasteiger partial charge in [-0.05, 0) is 32.9 Å². The third-order valence-electron chi connectivity index (χ3n) is 2.11. The van der Waals surface area contributed by atoms with Crippen LogP contribution in [0.2, 0.25) is 0 Å². The van der Waals surface area contributed by atoms with Crippen LogP contribution in [0.25, 0.3) is 0 Å². The van der Waals surface area contributed by atoms with Crippen molar-refractivity contribution in [1.29, 1.82) is 0 Å². The summed E-state index contributed by atoms with van der Waals surface area (Å²) in [6.07, 6.45) is 2.92. The first-order chi connectivity index (χ1) is 5.20. The largest absolute Gasteiger partial charge is 0.315 e. The fraction of sp³-hybridized carbons (Fsp3) is 0.875. The van der Waals surface area contributed by atoms with Gasteiger partial charge in [0.1, 0.15) is 5.78 Å². The summed E-state index contributed by atoms with van der Waals surface area (Å²) < 4.78 is 0. The normalized spacial score (nSPS) is 22.0. The van der Waals surface area contributed by atoms with Crippen molar-refractivity contribution >= 4 is 5.78 Å². The van der Waals surface area contributed by atoms with Crippen molar-refractivity contribution in [2.45, 2.75) is 32.4 Å². The fourth-order valence-corrected chi connectivity index (χ4v) is 1.50. The van der Waals surface area contributed by atoms with Crippen LogP contribution in [0.4, 0.5) is 0 Å². The molecular formula is C8H16N2O. The Morgan fingerprint density at radius 2 is 2.09 bits per heavy atom. The van der Waals surface area contributed by atoms with Crippen molar-refractivity contribution in [3.8, 4) is 0 Å². The molecule has 1 heterocycles. The van der Waals surface area contributed by atoms with Crippen LogP contribution in [0.1, 0.15) is 26.2 Å². The third kappa shape index (κ3) is 2.60. The third-order valence-corrected chi connectivity index (χ3v) is 2.11. The molecule has 0 spiro atoms. The summed E-state index contributed by atoms with van der Waals surface area (Å²) in [5.74, 6) is 0.185. The maximum absolute atomic E-state index is 10.7. The predicted molar refractivity (Wildman–Crippen MR) is 44.1 cm³/mol. The molecule has 0 bridgehead atoms. The Bertz CT molecular complexity index is 141. The van der Waals surface area contributed by atoms with Crippen LogP contribution in [0.3, 0.4) is 0 Å². The quantitative estimate of drug-likeness (QED) is 0.641. The highest BCUT2D eigenvalue weighted by Crippen LogP contribution is 2.10. The summed E-state index contributed by atoms with van der Waals surface area (Å²) in [5, 5.41) is 0. The van der Waals surface area contributed by atoms with E-state index in [9.17, 15) is 4.79 Å². The molecule has 0 aromatic heterocycles. The highest BCUT2D eigenvalue weighted by atomic mass is 16.1. The minimum atomic E-state index is -0.0324. The lowest BCUT2D eigenvalue weighted by atomic mass is 10.2. The average molecular weight is 156 g/mol. The van der Waals surface area contributed by atoms with E-state index in [0.717, 1.165) is 13.1 Å². The zero-order valence-corrected chi connectivity index (χ0v) is 7.05. The number of rotatable bonds is 3. The van der Waals surface area contributed by atoms with Crippen LogP contribution in [-0.2, 0) is 4.79 Å². The predicted octanol–water partition coefficient (Wildman–Crippen LogP) is 0.346. The first kappa shape index (κ1) is 8.68. The van der Waals surface area contributed by atoms with Gasteiger partial charge in [-0.15, -0.1) is 0 Å². The molecule has 0 saturated carbocycles. The Morgan fingerprint density at radius 3 is 2.55 bits per heavy atom. The van der Waals surface area contributed by atoms with Crippen molar-refractivity contribution in [2.24, 2.45) is 5.73 Å². The number of hydrogen-bond acceptors (Lipinski definition) is 3. The van der Waals surface area contributed by atoms with Gasteiger partial charge in [-0.2, -0.15) is 0 Å². The Morgan fingerprint density at radius 1 is 1.55 bits per heavy atom. The molecule has 1 unspecified atom stereocenters. The van der Waals surface area contributed by atoms with Gasteiger partial charge in [0.05, 0.1) is 6.17 Å². The molecule has 1 fully saturated rings. The molecule has 0 amide bonds. The van der Waals surface area contributed by atoms with Crippen LogP contribution in [0, 0.1) is 0 Å². The molecule has 0 radical (unpaired) electrons. The first-order valence-corrected chi connectivity index (χ1v) is 4.19. The highest BCUT2D eigenvalue weighted by molar-refractivity contribution is 5.76. The van der Waals surface area contributed by atoms with Gasteiger partial charge in [0.15, 0.2) is 0 Å². The lowest BCUT2D eigenvalue weighted by Gasteiger charge is -2.21. The van der Waals surface area contributed by atoms with Crippen molar-refractivity contribution in [3.63, 3.8) is 0 Å². The number of nitrogens with zero attached hydrogens (tertiary/aromatic N) is 1. The minimum Gasteiger partial charge on any atom is -0.315 e. The number of hydrogen-bond donors (Lipinski definition) is 1. The molecule has 1 rings (SSSR count). The van der Waals surface area contributed by atoms with E-state index in [1.54, 1.807) is 6.92 Å². The summed E-state index contributed by atoms with van der Waals surface area (Å²) in [4.78, 5) is 12.9. The van der Waals surface area contributed by atoms with E-state index in [-0.39, 0.29) is 11.9 Å². The molecule has 1 aliphatic rings. The van der Waals surface area contributed by atoms with Crippen LogP contribution < -0.4 is 5.73 Å². The monoisotopic (exact) mass is 156 g/mol. The topological polar surface area (TPSA) is 46.3 Å². The molecule has 1 atom stereocenters. The lowest BCUT2D eigenvalue weighted by molar-refractivity contribution is -0.118. The fourth-order valence-electron chi connectivity index (χ4n) is 1.50. The standard InChI is InChI=1S/C8H16N2O/c1-7(11)6-8(9)10-4-2-3-5-10/h8H,2-6,9H2,1H3. The van der Waals surface area contributed by atoms with E-state index < -0.39 is 0 Å². The van der Waals surface area contributed by atoms with Crippen LogP contribution in [-0.4, -0.2) is 29.9 Å². The van der Waals surface area contributed by atoms with E-state index in [0.29, 0.717) is 6.42 Å². The molecule has 64 valence electrons. The van der Waals surface area contributed by atoms with Gasteiger partial charge in [-0.3, -0.25) is 9.69 Å². The van der Waals surface area contributed by atoms with E-state index >= 15 is 0 Å². The SMILES string of the molecule is CC(=O)CC(N)N1CCCC1. The van der Waals surface area contributed by atoms with Crippen LogP contribution >= 0.6 is 0 Å². The summed E-state index contributed by atoms with van der Waals surface area (Å²) in [6, 6.07) is 0. The number of carbonyl (C=O) groups is 1. The Kier molecular flexibility index (Phi) is 3.02. The molecule has 1 saturated heterocycles. The summed E-state index contributed by atoms with van der Waals surface area (Å²) >= 11 is 0. The average Bonchev–Trinajstić information content (AvgIpc) is 2.35. The number of carbonyl (C=O) groups excluding carboxylic acids is 1. The molecule has 2 N–H and O–H groups in total. The molecule has 11 heavy (non-hydrogen) atoms. The zero-order chi connectivity index (χ0) is 8.27. The van der Waals surface area contributed by atoms with Gasteiger partial charge >= 0.3 is 0 Å². The molecule has 0 aliphatic carbocycles. The van der Waals surface area contributed by atoms with Crippen LogP contribution in [0.5, 0.6) is 0 Å². The second kappa shape index (κ2) is 3.83. The van der Waals surface area contributed by atoms with Crippen molar-refractivity contribution in [3.05, 3.63) is 0 Å². The highest BCUT2D eigenvalue weighted by Gasteiger charge is 2.18. The van der Waals surface area contributed by atoms with E-state index in [2.05, 4.69) is 4.90 Å². The Balaban J connectivity index is 2.28. The molecule has 0 aromatic rings. The lowest BCUT2D eigenvalue weighted by Crippen LogP contribution is -2.41. The molecular weight excluding hydrogens is 140 g/mol. The van der Waals surface area contributed by atoms with E-state index in [1.807, 2.05) is 0 Å². The Hall–Kier alpha value is -0.410. The van der Waals surface area contributed by atoms with Gasteiger partial charge in [-0.25, -0.2) is 0 Å². The number of Topliss-reactive ketones (excluding diaryl/α,β-unsaturated/α-hetero) is 1. The maximum Gasteiger partial charge on any atom is 0.132 e. The number of likely N-dealkylation sites (tertiary alicyclic amines) is 1.